The molecule has 0 heterocycles. The summed E-state index contributed by atoms with van der Waals surface area (Å²) >= 11 is 0. The first-order valence-corrected chi connectivity index (χ1v) is 34.3. The van der Waals surface area contributed by atoms with E-state index >= 15 is 0 Å². The Hall–Kier alpha value is -2.89. The highest BCUT2D eigenvalue weighted by Crippen LogP contribution is 2.18. The van der Waals surface area contributed by atoms with Crippen molar-refractivity contribution in [3.8, 4) is 0 Å². The summed E-state index contributed by atoms with van der Waals surface area (Å²) in [4.78, 5) is 38.4. The van der Waals surface area contributed by atoms with Gasteiger partial charge in [0.15, 0.2) is 6.10 Å². The number of allylic oxidation sites excluding steroid dienone is 10. The van der Waals surface area contributed by atoms with Gasteiger partial charge in [0.1, 0.15) is 13.2 Å². The highest BCUT2D eigenvalue weighted by molar-refractivity contribution is 5.71. The van der Waals surface area contributed by atoms with Crippen LogP contribution in [0.15, 0.2) is 60.8 Å². The molecule has 0 radical (unpaired) electrons. The van der Waals surface area contributed by atoms with Crippen molar-refractivity contribution in [2.24, 2.45) is 0 Å². The van der Waals surface area contributed by atoms with E-state index in [0.29, 0.717) is 19.3 Å². The maximum Gasteiger partial charge on any atom is 0.306 e. The predicted molar refractivity (Wildman–Crippen MR) is 339 cm³/mol. The van der Waals surface area contributed by atoms with Crippen LogP contribution in [-0.4, -0.2) is 37.2 Å². The molecule has 0 aliphatic rings. The Morgan fingerprint density at radius 1 is 0.269 bits per heavy atom. The third kappa shape index (κ3) is 63.9. The summed E-state index contributed by atoms with van der Waals surface area (Å²) in [6.45, 7) is 6.55. The maximum atomic E-state index is 12.9. The molecular weight excluding hydrogens is 961 g/mol. The summed E-state index contributed by atoms with van der Waals surface area (Å²) in [5.74, 6) is -0.922. The van der Waals surface area contributed by atoms with Crippen molar-refractivity contribution in [3.05, 3.63) is 60.8 Å². The standard InChI is InChI=1S/C72H130O6/c1-4-7-10-13-16-19-22-25-28-31-33-35-37-38-41-44-47-50-53-56-59-62-65-71(74)77-68-69(67-76-70(73)64-61-58-55-52-49-46-43-40-30-27-24-21-18-15-12-9-6-3)78-72(75)66-63-60-57-54-51-48-45-42-39-36-34-32-29-26-23-20-17-14-11-8-5-2/h9,12,18,21,27,30,43,46,52,55,69H,4-8,10-11,13-17,19-20,22-26,28-29,31-42,44-45,47-51,53-54,56-68H2,1-3H3/b12-9-,21-18-,30-27-,46-43-,55-52-. The van der Waals surface area contributed by atoms with Crippen molar-refractivity contribution in [3.63, 3.8) is 0 Å². The molecule has 0 aliphatic carbocycles. The van der Waals surface area contributed by atoms with Crippen LogP contribution in [0.3, 0.4) is 0 Å². The zero-order chi connectivity index (χ0) is 56.4. The molecule has 454 valence electrons. The van der Waals surface area contributed by atoms with Gasteiger partial charge < -0.3 is 14.2 Å². The second-order valence-corrected chi connectivity index (χ2v) is 23.1. The van der Waals surface area contributed by atoms with Crippen molar-refractivity contribution in [2.45, 2.75) is 367 Å². The monoisotopic (exact) mass is 1090 g/mol. The van der Waals surface area contributed by atoms with Crippen LogP contribution in [0, 0.1) is 0 Å². The lowest BCUT2D eigenvalue weighted by atomic mass is 10.0. The molecule has 0 saturated heterocycles. The number of unbranched alkanes of at least 4 members (excludes halogenated alkanes) is 42. The smallest absolute Gasteiger partial charge is 0.306 e. The van der Waals surface area contributed by atoms with E-state index in [4.69, 9.17) is 14.2 Å². The minimum absolute atomic E-state index is 0.0868. The third-order valence-corrected chi connectivity index (χ3v) is 15.3. The number of esters is 3. The first kappa shape index (κ1) is 75.1. The molecule has 78 heavy (non-hydrogen) atoms. The molecule has 0 aromatic heterocycles. The quantitative estimate of drug-likeness (QED) is 0.0261. The van der Waals surface area contributed by atoms with Gasteiger partial charge in [-0.15, -0.1) is 0 Å². The van der Waals surface area contributed by atoms with E-state index in [-0.39, 0.29) is 37.5 Å². The highest BCUT2D eigenvalue weighted by atomic mass is 16.6. The molecular formula is C72H130O6. The fourth-order valence-corrected chi connectivity index (χ4v) is 10.2. The number of hydrogen-bond acceptors (Lipinski definition) is 6. The lowest BCUT2D eigenvalue weighted by Crippen LogP contribution is -2.30. The number of carbonyl (C=O) groups excluding carboxylic acids is 3. The Morgan fingerprint density at radius 2 is 0.500 bits per heavy atom. The number of rotatable bonds is 63. The van der Waals surface area contributed by atoms with E-state index in [1.54, 1.807) is 0 Å². The van der Waals surface area contributed by atoms with Crippen LogP contribution >= 0.6 is 0 Å². The van der Waals surface area contributed by atoms with Crippen LogP contribution in [0.25, 0.3) is 0 Å². The van der Waals surface area contributed by atoms with E-state index in [2.05, 4.69) is 81.5 Å². The summed E-state index contributed by atoms with van der Waals surface area (Å²) in [5.41, 5.74) is 0. The largest absolute Gasteiger partial charge is 0.462 e. The fraction of sp³-hybridized carbons (Fsp3) is 0.819. The predicted octanol–water partition coefficient (Wildman–Crippen LogP) is 23.5. The Balaban J connectivity index is 4.36. The van der Waals surface area contributed by atoms with E-state index in [9.17, 15) is 14.4 Å². The molecule has 1 atom stereocenters. The molecule has 0 fully saturated rings. The van der Waals surface area contributed by atoms with Crippen molar-refractivity contribution in [1.29, 1.82) is 0 Å². The summed E-state index contributed by atoms with van der Waals surface area (Å²) in [6.07, 6.45) is 85.4. The summed E-state index contributed by atoms with van der Waals surface area (Å²) in [7, 11) is 0. The molecule has 1 unspecified atom stereocenters. The van der Waals surface area contributed by atoms with Crippen LogP contribution in [0.2, 0.25) is 0 Å². The molecule has 0 amide bonds. The van der Waals surface area contributed by atoms with Gasteiger partial charge in [0, 0.05) is 19.3 Å². The first-order valence-electron chi connectivity index (χ1n) is 34.3. The van der Waals surface area contributed by atoms with E-state index in [0.717, 1.165) is 77.0 Å². The lowest BCUT2D eigenvalue weighted by Gasteiger charge is -2.18. The second-order valence-electron chi connectivity index (χ2n) is 23.1. The SMILES string of the molecule is CC/C=C\C/C=C\C/C=C\C/C=C\C/C=C\CCCC(=O)OCC(COC(=O)CCCCCCCCCCCCCCCCCCCCCCCC)OC(=O)CCCCCCCCCCCCCCCCCCCCCCC. The van der Waals surface area contributed by atoms with Crippen LogP contribution in [0.5, 0.6) is 0 Å². The van der Waals surface area contributed by atoms with Crippen LogP contribution in [-0.2, 0) is 28.6 Å². The number of carbonyl (C=O) groups is 3. The maximum absolute atomic E-state index is 12.9. The van der Waals surface area contributed by atoms with Crippen molar-refractivity contribution in [1.82, 2.24) is 0 Å². The fourth-order valence-electron chi connectivity index (χ4n) is 10.2. The average molecular weight is 1090 g/mol. The highest BCUT2D eigenvalue weighted by Gasteiger charge is 2.19. The molecule has 0 aliphatic heterocycles. The molecule has 0 rings (SSSR count). The molecule has 0 aromatic rings. The van der Waals surface area contributed by atoms with Crippen molar-refractivity contribution >= 4 is 17.9 Å². The third-order valence-electron chi connectivity index (χ3n) is 15.3. The van der Waals surface area contributed by atoms with Crippen LogP contribution in [0.4, 0.5) is 0 Å². The van der Waals surface area contributed by atoms with E-state index in [1.807, 2.05) is 0 Å². The van der Waals surface area contributed by atoms with Gasteiger partial charge in [-0.1, -0.05) is 345 Å². The van der Waals surface area contributed by atoms with E-state index < -0.39 is 6.10 Å². The zero-order valence-corrected chi connectivity index (χ0v) is 52.2. The van der Waals surface area contributed by atoms with Gasteiger partial charge in [-0.3, -0.25) is 14.4 Å². The lowest BCUT2D eigenvalue weighted by molar-refractivity contribution is -0.167. The summed E-state index contributed by atoms with van der Waals surface area (Å²) < 4.78 is 16.9. The zero-order valence-electron chi connectivity index (χ0n) is 52.2. The average Bonchev–Trinajstić information content (AvgIpc) is 3.44. The Kier molecular flexibility index (Phi) is 64.2. The van der Waals surface area contributed by atoms with Crippen LogP contribution in [0.1, 0.15) is 361 Å². The Labute approximate surface area is 485 Å². The summed E-state index contributed by atoms with van der Waals surface area (Å²) in [6, 6.07) is 0. The minimum Gasteiger partial charge on any atom is -0.462 e. The van der Waals surface area contributed by atoms with Crippen molar-refractivity contribution in [2.75, 3.05) is 13.2 Å². The van der Waals surface area contributed by atoms with Gasteiger partial charge in [-0.25, -0.2) is 0 Å². The molecule has 0 N–H and O–H groups in total. The van der Waals surface area contributed by atoms with Gasteiger partial charge >= 0.3 is 17.9 Å². The molecule has 0 bridgehead atoms. The van der Waals surface area contributed by atoms with Gasteiger partial charge in [-0.05, 0) is 57.8 Å². The van der Waals surface area contributed by atoms with Crippen molar-refractivity contribution < 1.29 is 28.6 Å². The van der Waals surface area contributed by atoms with Gasteiger partial charge in [0.05, 0.1) is 0 Å². The van der Waals surface area contributed by atoms with Gasteiger partial charge in [0.2, 0.25) is 0 Å². The van der Waals surface area contributed by atoms with E-state index in [1.165, 1.54) is 238 Å². The van der Waals surface area contributed by atoms with Gasteiger partial charge in [-0.2, -0.15) is 0 Å². The normalized spacial score (nSPS) is 12.4. The second kappa shape index (κ2) is 66.6. The minimum atomic E-state index is -0.796. The number of ether oxygens (including phenoxy) is 3. The molecule has 6 heteroatoms. The summed E-state index contributed by atoms with van der Waals surface area (Å²) in [5, 5.41) is 0. The Bertz CT molecular complexity index is 1390. The van der Waals surface area contributed by atoms with Gasteiger partial charge in [0.25, 0.3) is 0 Å². The Morgan fingerprint density at radius 3 is 0.782 bits per heavy atom. The molecule has 0 saturated carbocycles. The number of hydrogen-bond donors (Lipinski definition) is 0. The molecule has 0 spiro atoms. The van der Waals surface area contributed by atoms with Crippen LogP contribution < -0.4 is 0 Å². The first-order chi connectivity index (χ1) is 38.5. The molecule has 6 nitrogen and oxygen atoms in total. The topological polar surface area (TPSA) is 78.9 Å². The molecule has 0 aromatic carbocycles.